The molecule has 1 aliphatic heterocycles. The molecule has 5 nitrogen and oxygen atoms in total. The lowest BCUT2D eigenvalue weighted by Gasteiger charge is -2.21. The third kappa shape index (κ3) is 2.63. The van der Waals surface area contributed by atoms with Gasteiger partial charge in [-0.15, -0.1) is 0 Å². The summed E-state index contributed by atoms with van der Waals surface area (Å²) in [7, 11) is 1.98. The Bertz CT molecular complexity index is 750. The van der Waals surface area contributed by atoms with Crippen molar-refractivity contribution in [3.63, 3.8) is 0 Å². The molecule has 22 heavy (non-hydrogen) atoms. The molecule has 1 amide bonds. The molecule has 0 spiro atoms. The van der Waals surface area contributed by atoms with Crippen LogP contribution in [0.4, 0.5) is 5.82 Å². The number of carbonyl (C=O) groups is 1. The van der Waals surface area contributed by atoms with Crippen LogP contribution in [0, 0.1) is 11.3 Å². The second-order valence-electron chi connectivity index (χ2n) is 5.33. The highest BCUT2D eigenvalue weighted by Crippen LogP contribution is 2.22. The van der Waals surface area contributed by atoms with Crippen LogP contribution in [0.1, 0.15) is 21.5 Å². The summed E-state index contributed by atoms with van der Waals surface area (Å²) in [5, 5.41) is 8.97. The van der Waals surface area contributed by atoms with Crippen molar-refractivity contribution in [1.29, 1.82) is 5.26 Å². The van der Waals surface area contributed by atoms with Crippen LogP contribution >= 0.6 is 0 Å². The minimum atomic E-state index is -0.0535. The van der Waals surface area contributed by atoms with Crippen LogP contribution < -0.4 is 4.90 Å². The Morgan fingerprint density at radius 3 is 2.95 bits per heavy atom. The van der Waals surface area contributed by atoms with Crippen molar-refractivity contribution >= 4 is 11.7 Å². The number of nitrogens with zero attached hydrogens (tertiary/aromatic N) is 4. The summed E-state index contributed by atoms with van der Waals surface area (Å²) in [5.41, 5.74) is 2.08. The van der Waals surface area contributed by atoms with Gasteiger partial charge in [-0.25, -0.2) is 4.98 Å². The number of likely N-dealkylation sites (N-methyl/N-ethyl adjacent to an activating group) is 1. The SMILES string of the molecule is CN1CCN(C(=O)c2cccc(C#N)c2)Cc2cccnc21. The predicted molar refractivity (Wildman–Crippen MR) is 83.4 cm³/mol. The summed E-state index contributed by atoms with van der Waals surface area (Å²) in [5.74, 6) is 0.866. The molecule has 1 aromatic carbocycles. The lowest BCUT2D eigenvalue weighted by Crippen LogP contribution is -2.34. The average molecular weight is 292 g/mol. The molecule has 0 radical (unpaired) electrons. The Labute approximate surface area is 129 Å². The van der Waals surface area contributed by atoms with E-state index in [1.165, 1.54) is 0 Å². The molecular formula is C17H16N4O. The molecule has 0 aliphatic carbocycles. The van der Waals surface area contributed by atoms with Crippen LogP contribution in [-0.4, -0.2) is 35.9 Å². The van der Waals surface area contributed by atoms with Gasteiger partial charge < -0.3 is 9.80 Å². The van der Waals surface area contributed by atoms with Crippen molar-refractivity contribution in [2.45, 2.75) is 6.54 Å². The maximum Gasteiger partial charge on any atom is 0.254 e. The van der Waals surface area contributed by atoms with Gasteiger partial charge in [0.05, 0.1) is 11.6 Å². The second-order valence-corrected chi connectivity index (χ2v) is 5.33. The summed E-state index contributed by atoms with van der Waals surface area (Å²) in [6.07, 6.45) is 1.77. The first-order chi connectivity index (χ1) is 10.7. The summed E-state index contributed by atoms with van der Waals surface area (Å²) < 4.78 is 0. The van der Waals surface area contributed by atoms with Crippen LogP contribution in [0.15, 0.2) is 42.6 Å². The van der Waals surface area contributed by atoms with Gasteiger partial charge in [-0.05, 0) is 24.3 Å². The monoisotopic (exact) mass is 292 g/mol. The highest BCUT2D eigenvalue weighted by atomic mass is 16.2. The van der Waals surface area contributed by atoms with Crippen LogP contribution in [0.5, 0.6) is 0 Å². The molecule has 0 unspecified atom stereocenters. The first kappa shape index (κ1) is 14.1. The van der Waals surface area contributed by atoms with Crippen molar-refractivity contribution in [2.75, 3.05) is 25.0 Å². The summed E-state index contributed by atoms with van der Waals surface area (Å²) >= 11 is 0. The molecule has 2 heterocycles. The molecule has 0 fully saturated rings. The predicted octanol–water partition coefficient (Wildman–Crippen LogP) is 2.05. The van der Waals surface area contributed by atoms with E-state index < -0.39 is 0 Å². The third-order valence-electron chi connectivity index (χ3n) is 3.82. The number of rotatable bonds is 1. The Balaban J connectivity index is 1.89. The number of benzene rings is 1. The molecule has 1 aliphatic rings. The molecule has 0 N–H and O–H groups in total. The normalized spacial score (nSPS) is 14.0. The highest BCUT2D eigenvalue weighted by Gasteiger charge is 2.22. The quantitative estimate of drug-likeness (QED) is 0.807. The van der Waals surface area contributed by atoms with Gasteiger partial charge in [-0.1, -0.05) is 12.1 Å². The molecule has 3 rings (SSSR count). The molecule has 110 valence electrons. The zero-order chi connectivity index (χ0) is 15.5. The summed E-state index contributed by atoms with van der Waals surface area (Å²) in [4.78, 5) is 21.0. The molecule has 5 heteroatoms. The maximum atomic E-state index is 12.7. The number of carbonyl (C=O) groups excluding carboxylic acids is 1. The topological polar surface area (TPSA) is 60.2 Å². The zero-order valence-corrected chi connectivity index (χ0v) is 12.4. The van der Waals surface area contributed by atoms with Crippen molar-refractivity contribution in [2.24, 2.45) is 0 Å². The van der Waals surface area contributed by atoms with Gasteiger partial charge in [0.25, 0.3) is 5.91 Å². The largest absolute Gasteiger partial charge is 0.358 e. The van der Waals surface area contributed by atoms with Gasteiger partial charge >= 0.3 is 0 Å². The Morgan fingerprint density at radius 1 is 1.27 bits per heavy atom. The smallest absolute Gasteiger partial charge is 0.254 e. The lowest BCUT2D eigenvalue weighted by molar-refractivity contribution is 0.0751. The first-order valence-corrected chi connectivity index (χ1v) is 7.13. The second kappa shape index (κ2) is 5.86. The van der Waals surface area contributed by atoms with E-state index >= 15 is 0 Å². The van der Waals surface area contributed by atoms with Crippen molar-refractivity contribution in [3.05, 3.63) is 59.3 Å². The molecule has 0 saturated heterocycles. The van der Waals surface area contributed by atoms with E-state index in [1.807, 2.05) is 19.2 Å². The van der Waals surface area contributed by atoms with E-state index in [1.54, 1.807) is 35.4 Å². The fourth-order valence-electron chi connectivity index (χ4n) is 2.64. The van der Waals surface area contributed by atoms with Crippen LogP contribution in [0.3, 0.4) is 0 Å². The standard InChI is InChI=1S/C17H16N4O/c1-20-8-9-21(12-15-6-3-7-19-16(15)20)17(22)14-5-2-4-13(10-14)11-18/h2-7,10H,8-9,12H2,1H3. The fraction of sp³-hybridized carbons (Fsp3) is 0.235. The van der Waals surface area contributed by atoms with Crippen LogP contribution in [0.2, 0.25) is 0 Å². The fourth-order valence-corrected chi connectivity index (χ4v) is 2.64. The van der Waals surface area contributed by atoms with Crippen molar-refractivity contribution < 1.29 is 4.79 Å². The average Bonchev–Trinajstić information content (AvgIpc) is 2.74. The Morgan fingerprint density at radius 2 is 2.14 bits per heavy atom. The molecule has 1 aromatic heterocycles. The molecule has 0 atom stereocenters. The maximum absolute atomic E-state index is 12.7. The van der Waals surface area contributed by atoms with Gasteiger partial charge in [0.15, 0.2) is 0 Å². The summed E-state index contributed by atoms with van der Waals surface area (Å²) in [6, 6.07) is 12.8. The van der Waals surface area contributed by atoms with Gasteiger partial charge in [0, 0.05) is 44.0 Å². The van der Waals surface area contributed by atoms with E-state index in [0.29, 0.717) is 24.2 Å². The number of hydrogen-bond donors (Lipinski definition) is 0. The number of nitriles is 1. The number of anilines is 1. The molecule has 0 saturated carbocycles. The minimum absolute atomic E-state index is 0.0535. The third-order valence-corrected chi connectivity index (χ3v) is 3.82. The van der Waals surface area contributed by atoms with Crippen LogP contribution in [-0.2, 0) is 6.54 Å². The van der Waals surface area contributed by atoms with E-state index in [0.717, 1.165) is 17.9 Å². The van der Waals surface area contributed by atoms with E-state index in [2.05, 4.69) is 16.0 Å². The number of fused-ring (bicyclic) bond motifs is 1. The Hall–Kier alpha value is -2.87. The molecule has 2 aromatic rings. The van der Waals surface area contributed by atoms with Crippen LogP contribution in [0.25, 0.3) is 0 Å². The number of hydrogen-bond acceptors (Lipinski definition) is 4. The highest BCUT2D eigenvalue weighted by molar-refractivity contribution is 5.94. The van der Waals surface area contributed by atoms with Gasteiger partial charge in [0.2, 0.25) is 0 Å². The number of pyridine rings is 1. The van der Waals surface area contributed by atoms with E-state index in [-0.39, 0.29) is 5.91 Å². The molecular weight excluding hydrogens is 276 g/mol. The van der Waals surface area contributed by atoms with E-state index in [9.17, 15) is 4.79 Å². The van der Waals surface area contributed by atoms with Crippen molar-refractivity contribution in [1.82, 2.24) is 9.88 Å². The number of amides is 1. The lowest BCUT2D eigenvalue weighted by atomic mass is 10.1. The zero-order valence-electron chi connectivity index (χ0n) is 12.4. The van der Waals surface area contributed by atoms with Crippen molar-refractivity contribution in [3.8, 4) is 6.07 Å². The van der Waals surface area contributed by atoms with Gasteiger partial charge in [-0.3, -0.25) is 4.79 Å². The van der Waals surface area contributed by atoms with Gasteiger partial charge in [-0.2, -0.15) is 5.26 Å². The van der Waals surface area contributed by atoms with E-state index in [4.69, 9.17) is 5.26 Å². The first-order valence-electron chi connectivity index (χ1n) is 7.13. The molecule has 0 bridgehead atoms. The minimum Gasteiger partial charge on any atom is -0.358 e. The number of aromatic nitrogens is 1. The Kier molecular flexibility index (Phi) is 3.75. The van der Waals surface area contributed by atoms with Gasteiger partial charge in [0.1, 0.15) is 5.82 Å². The summed E-state index contributed by atoms with van der Waals surface area (Å²) in [6.45, 7) is 1.89.